The normalized spacial score (nSPS) is 11.8. The first kappa shape index (κ1) is 15.8. The highest BCUT2D eigenvalue weighted by molar-refractivity contribution is 6.30. The van der Waals surface area contributed by atoms with E-state index in [0.717, 1.165) is 18.5 Å². The molecule has 1 aromatic rings. The maximum absolute atomic E-state index is 11.9. The predicted octanol–water partition coefficient (Wildman–Crippen LogP) is 5.05. The van der Waals surface area contributed by atoms with Crippen molar-refractivity contribution in [2.45, 2.75) is 40.0 Å². The number of halogens is 1. The van der Waals surface area contributed by atoms with Crippen LogP contribution in [0.3, 0.4) is 0 Å². The molecule has 0 saturated heterocycles. The van der Waals surface area contributed by atoms with Crippen LogP contribution < -0.4 is 5.32 Å². The Balaban J connectivity index is 2.36. The molecule has 0 aliphatic rings. The summed E-state index contributed by atoms with van der Waals surface area (Å²) in [7, 11) is 0. The van der Waals surface area contributed by atoms with Crippen LogP contribution in [0, 0.1) is 5.92 Å². The zero-order chi connectivity index (χ0) is 14.3. The van der Waals surface area contributed by atoms with Crippen molar-refractivity contribution in [3.05, 3.63) is 40.9 Å². The number of carbonyl (C=O) groups excluding carboxylic acids is 1. The second-order valence-electron chi connectivity index (χ2n) is 5.23. The molecular weight excluding hydrogens is 258 g/mol. The summed E-state index contributed by atoms with van der Waals surface area (Å²) in [6.07, 6.45) is 4.83. The van der Waals surface area contributed by atoms with E-state index >= 15 is 0 Å². The third-order valence-corrected chi connectivity index (χ3v) is 3.09. The number of anilines is 1. The predicted molar refractivity (Wildman–Crippen MR) is 82.5 cm³/mol. The molecule has 0 fully saturated rings. The van der Waals surface area contributed by atoms with Crippen LogP contribution in [0.1, 0.15) is 40.0 Å². The topological polar surface area (TPSA) is 29.1 Å². The minimum absolute atomic E-state index is 0.0481. The zero-order valence-corrected chi connectivity index (χ0v) is 12.6. The lowest BCUT2D eigenvalue weighted by atomic mass is 10.0. The third kappa shape index (κ3) is 7.02. The van der Waals surface area contributed by atoms with Crippen molar-refractivity contribution >= 4 is 23.2 Å². The van der Waals surface area contributed by atoms with E-state index in [1.807, 2.05) is 12.1 Å². The molecule has 19 heavy (non-hydrogen) atoms. The molecule has 0 saturated carbocycles. The average molecular weight is 280 g/mol. The molecule has 1 amide bonds. The first-order valence-corrected chi connectivity index (χ1v) is 7.04. The van der Waals surface area contributed by atoms with Crippen LogP contribution >= 0.6 is 11.6 Å². The summed E-state index contributed by atoms with van der Waals surface area (Å²) in [5.74, 6) is 0.432. The van der Waals surface area contributed by atoms with Gasteiger partial charge in [-0.15, -0.1) is 0 Å². The second kappa shape index (κ2) is 8.00. The van der Waals surface area contributed by atoms with Crippen molar-refractivity contribution in [2.24, 2.45) is 5.92 Å². The van der Waals surface area contributed by atoms with Gasteiger partial charge in [0.25, 0.3) is 0 Å². The minimum Gasteiger partial charge on any atom is -0.326 e. The van der Waals surface area contributed by atoms with Crippen LogP contribution in [0.5, 0.6) is 0 Å². The summed E-state index contributed by atoms with van der Waals surface area (Å²) >= 11 is 5.87. The number of nitrogens with one attached hydrogen (secondary N) is 1. The Hall–Kier alpha value is -1.28. The summed E-state index contributed by atoms with van der Waals surface area (Å²) < 4.78 is 0. The minimum atomic E-state index is 0.0481. The number of benzene rings is 1. The van der Waals surface area contributed by atoms with Gasteiger partial charge in [0, 0.05) is 17.1 Å². The first-order chi connectivity index (χ1) is 8.97. The van der Waals surface area contributed by atoms with Gasteiger partial charge in [0.05, 0.1) is 0 Å². The van der Waals surface area contributed by atoms with Crippen molar-refractivity contribution < 1.29 is 4.79 Å². The van der Waals surface area contributed by atoms with Crippen molar-refractivity contribution in [3.8, 4) is 0 Å². The molecule has 0 aliphatic heterocycles. The standard InChI is InChI=1S/C16H22ClNO/c1-12(2)6-4-7-13(3)10-16(19)18-15-9-5-8-14(17)11-15/h5-6,8-9,11,13H,4,7,10H2,1-3H3,(H,18,19). The molecule has 1 atom stereocenters. The quantitative estimate of drug-likeness (QED) is 0.725. The molecular formula is C16H22ClNO. The molecule has 0 aromatic heterocycles. The summed E-state index contributed by atoms with van der Waals surface area (Å²) in [5.41, 5.74) is 2.09. The first-order valence-electron chi connectivity index (χ1n) is 6.66. The number of allylic oxidation sites excluding steroid dienone is 2. The Morgan fingerprint density at radius 3 is 2.79 bits per heavy atom. The van der Waals surface area contributed by atoms with E-state index in [0.29, 0.717) is 17.4 Å². The van der Waals surface area contributed by atoms with Crippen molar-refractivity contribution in [1.29, 1.82) is 0 Å². The fraction of sp³-hybridized carbons (Fsp3) is 0.438. The Morgan fingerprint density at radius 2 is 2.16 bits per heavy atom. The van der Waals surface area contributed by atoms with Gasteiger partial charge >= 0.3 is 0 Å². The molecule has 1 unspecified atom stereocenters. The SMILES string of the molecule is CC(C)=CCCC(C)CC(=O)Nc1cccc(Cl)c1. The Kier molecular flexibility index (Phi) is 6.65. The number of rotatable bonds is 6. The molecule has 104 valence electrons. The Morgan fingerprint density at radius 1 is 1.42 bits per heavy atom. The van der Waals surface area contributed by atoms with E-state index in [-0.39, 0.29) is 5.91 Å². The van der Waals surface area contributed by atoms with Gasteiger partial charge in [0.1, 0.15) is 0 Å². The monoisotopic (exact) mass is 279 g/mol. The van der Waals surface area contributed by atoms with E-state index in [4.69, 9.17) is 11.6 Å². The van der Waals surface area contributed by atoms with Crippen LogP contribution in [0.4, 0.5) is 5.69 Å². The smallest absolute Gasteiger partial charge is 0.224 e. The molecule has 0 heterocycles. The lowest BCUT2D eigenvalue weighted by Gasteiger charge is -2.11. The van der Waals surface area contributed by atoms with Crippen LogP contribution in [0.15, 0.2) is 35.9 Å². The van der Waals surface area contributed by atoms with Gasteiger partial charge in [0.15, 0.2) is 0 Å². The maximum atomic E-state index is 11.9. The van der Waals surface area contributed by atoms with Crippen LogP contribution in [0.2, 0.25) is 5.02 Å². The molecule has 0 radical (unpaired) electrons. The summed E-state index contributed by atoms with van der Waals surface area (Å²) in [6.45, 7) is 6.30. The summed E-state index contributed by atoms with van der Waals surface area (Å²) in [5, 5.41) is 3.51. The van der Waals surface area contributed by atoms with Gasteiger partial charge in [-0.25, -0.2) is 0 Å². The van der Waals surface area contributed by atoms with Crippen molar-refractivity contribution in [1.82, 2.24) is 0 Å². The van der Waals surface area contributed by atoms with Crippen molar-refractivity contribution in [2.75, 3.05) is 5.32 Å². The number of amides is 1. The highest BCUT2D eigenvalue weighted by Crippen LogP contribution is 2.17. The molecule has 0 bridgehead atoms. The highest BCUT2D eigenvalue weighted by atomic mass is 35.5. The van der Waals surface area contributed by atoms with Crippen LogP contribution in [-0.4, -0.2) is 5.91 Å². The van der Waals surface area contributed by atoms with Gasteiger partial charge in [-0.05, 0) is 50.8 Å². The molecule has 3 heteroatoms. The van der Waals surface area contributed by atoms with Gasteiger partial charge in [-0.2, -0.15) is 0 Å². The fourth-order valence-electron chi connectivity index (χ4n) is 1.85. The molecule has 1 rings (SSSR count). The van der Waals surface area contributed by atoms with Gasteiger partial charge in [0.2, 0.25) is 5.91 Å². The lowest BCUT2D eigenvalue weighted by molar-refractivity contribution is -0.117. The average Bonchev–Trinajstić information content (AvgIpc) is 2.27. The second-order valence-corrected chi connectivity index (χ2v) is 5.66. The maximum Gasteiger partial charge on any atom is 0.224 e. The molecule has 2 nitrogen and oxygen atoms in total. The van der Waals surface area contributed by atoms with E-state index in [1.54, 1.807) is 12.1 Å². The van der Waals surface area contributed by atoms with Gasteiger partial charge in [-0.1, -0.05) is 36.2 Å². The summed E-state index contributed by atoms with van der Waals surface area (Å²) in [4.78, 5) is 11.9. The molecule has 0 spiro atoms. The number of hydrogen-bond acceptors (Lipinski definition) is 1. The molecule has 1 N–H and O–H groups in total. The zero-order valence-electron chi connectivity index (χ0n) is 11.9. The van der Waals surface area contributed by atoms with E-state index in [2.05, 4.69) is 32.2 Å². The van der Waals surface area contributed by atoms with Crippen molar-refractivity contribution in [3.63, 3.8) is 0 Å². The van der Waals surface area contributed by atoms with Crippen LogP contribution in [0.25, 0.3) is 0 Å². The lowest BCUT2D eigenvalue weighted by Crippen LogP contribution is -2.15. The molecule has 1 aromatic carbocycles. The Bertz CT molecular complexity index is 450. The summed E-state index contributed by atoms with van der Waals surface area (Å²) in [6, 6.07) is 7.22. The van der Waals surface area contributed by atoms with Crippen LogP contribution in [-0.2, 0) is 4.79 Å². The Labute approximate surface area is 120 Å². The largest absolute Gasteiger partial charge is 0.326 e. The molecule has 0 aliphatic carbocycles. The highest BCUT2D eigenvalue weighted by Gasteiger charge is 2.09. The van der Waals surface area contributed by atoms with E-state index < -0.39 is 0 Å². The van der Waals surface area contributed by atoms with Gasteiger partial charge in [-0.3, -0.25) is 4.79 Å². The fourth-order valence-corrected chi connectivity index (χ4v) is 2.04. The van der Waals surface area contributed by atoms with E-state index in [1.165, 1.54) is 5.57 Å². The number of carbonyl (C=O) groups is 1. The third-order valence-electron chi connectivity index (χ3n) is 2.85. The number of hydrogen-bond donors (Lipinski definition) is 1. The van der Waals surface area contributed by atoms with Gasteiger partial charge < -0.3 is 5.32 Å². The van der Waals surface area contributed by atoms with E-state index in [9.17, 15) is 4.79 Å².